The summed E-state index contributed by atoms with van der Waals surface area (Å²) in [4.78, 5) is 28.0. The Bertz CT molecular complexity index is 934. The second-order valence-electron chi connectivity index (χ2n) is 5.55. The van der Waals surface area contributed by atoms with Crippen molar-refractivity contribution in [3.05, 3.63) is 70.2 Å². The molecule has 8 nitrogen and oxygen atoms in total. The standard InChI is InChI=1S/C18H16FN5O3S/c19-12-4-6-13(7-5-12)22-17(26)18-24-23-16(28-18)11-27-10-15(25)21-9-14-3-1-2-8-20-14/h1-8H,9-11H2,(H,21,25)(H,22,26). The molecule has 0 atom stereocenters. The third-order valence-electron chi connectivity index (χ3n) is 3.41. The molecule has 0 aliphatic heterocycles. The lowest BCUT2D eigenvalue weighted by molar-refractivity contribution is -0.126. The van der Waals surface area contributed by atoms with Crippen LogP contribution in [0.3, 0.4) is 0 Å². The largest absolute Gasteiger partial charge is 0.364 e. The quantitative estimate of drug-likeness (QED) is 0.599. The molecule has 1 aromatic carbocycles. The van der Waals surface area contributed by atoms with Crippen molar-refractivity contribution in [2.75, 3.05) is 11.9 Å². The molecule has 0 saturated carbocycles. The van der Waals surface area contributed by atoms with E-state index in [2.05, 4.69) is 25.8 Å². The minimum Gasteiger partial charge on any atom is -0.364 e. The van der Waals surface area contributed by atoms with E-state index >= 15 is 0 Å². The van der Waals surface area contributed by atoms with Crippen LogP contribution in [-0.2, 0) is 22.7 Å². The number of anilines is 1. The molecular formula is C18H16FN5O3S. The van der Waals surface area contributed by atoms with Crippen LogP contribution in [0.25, 0.3) is 0 Å². The lowest BCUT2D eigenvalue weighted by atomic mass is 10.3. The molecule has 0 fully saturated rings. The fraction of sp³-hybridized carbons (Fsp3) is 0.167. The van der Waals surface area contributed by atoms with Gasteiger partial charge in [-0.05, 0) is 36.4 Å². The molecule has 10 heteroatoms. The number of rotatable bonds is 8. The molecule has 3 rings (SSSR count). The van der Waals surface area contributed by atoms with E-state index in [-0.39, 0.29) is 24.1 Å². The summed E-state index contributed by atoms with van der Waals surface area (Å²) in [6.07, 6.45) is 1.65. The number of aromatic nitrogens is 3. The zero-order valence-corrected chi connectivity index (χ0v) is 15.4. The van der Waals surface area contributed by atoms with Gasteiger partial charge in [-0.25, -0.2) is 4.39 Å². The Morgan fingerprint density at radius 3 is 2.68 bits per heavy atom. The Morgan fingerprint density at radius 2 is 1.93 bits per heavy atom. The van der Waals surface area contributed by atoms with Crippen LogP contribution in [0, 0.1) is 5.82 Å². The first kappa shape index (κ1) is 19.5. The molecular weight excluding hydrogens is 385 g/mol. The van der Waals surface area contributed by atoms with Gasteiger partial charge in [0.15, 0.2) is 0 Å². The Morgan fingerprint density at radius 1 is 1.11 bits per heavy atom. The van der Waals surface area contributed by atoms with Crippen molar-refractivity contribution >= 4 is 28.8 Å². The van der Waals surface area contributed by atoms with Gasteiger partial charge in [-0.3, -0.25) is 14.6 Å². The predicted octanol–water partition coefficient (Wildman–Crippen LogP) is 2.16. The minimum atomic E-state index is -0.455. The monoisotopic (exact) mass is 401 g/mol. The summed E-state index contributed by atoms with van der Waals surface area (Å²) in [5.74, 6) is -1.13. The van der Waals surface area contributed by atoms with E-state index in [1.54, 1.807) is 18.3 Å². The number of carbonyl (C=O) groups excluding carboxylic acids is 2. The van der Waals surface area contributed by atoms with E-state index in [1.807, 2.05) is 6.07 Å². The fourth-order valence-corrected chi connectivity index (χ4v) is 2.77. The number of pyridine rings is 1. The maximum atomic E-state index is 12.9. The molecule has 2 heterocycles. The lowest BCUT2D eigenvalue weighted by Gasteiger charge is -2.04. The van der Waals surface area contributed by atoms with Crippen molar-refractivity contribution in [2.24, 2.45) is 0 Å². The number of amides is 2. The first-order valence-electron chi connectivity index (χ1n) is 8.24. The Labute approximate surface area is 163 Å². The molecule has 0 unspecified atom stereocenters. The van der Waals surface area contributed by atoms with Gasteiger partial charge in [0.05, 0.1) is 12.2 Å². The van der Waals surface area contributed by atoms with Gasteiger partial charge in [0.2, 0.25) is 10.9 Å². The third kappa shape index (κ3) is 5.89. The van der Waals surface area contributed by atoms with Crippen molar-refractivity contribution in [2.45, 2.75) is 13.2 Å². The topological polar surface area (TPSA) is 106 Å². The summed E-state index contributed by atoms with van der Waals surface area (Å²) in [5, 5.41) is 13.5. The number of nitrogens with one attached hydrogen (secondary N) is 2. The lowest BCUT2D eigenvalue weighted by Crippen LogP contribution is -2.27. The highest BCUT2D eigenvalue weighted by molar-refractivity contribution is 7.13. The second-order valence-corrected chi connectivity index (χ2v) is 6.61. The number of benzene rings is 1. The van der Waals surface area contributed by atoms with Crippen LogP contribution in [0.1, 0.15) is 20.5 Å². The van der Waals surface area contributed by atoms with Gasteiger partial charge in [-0.15, -0.1) is 10.2 Å². The van der Waals surface area contributed by atoms with Gasteiger partial charge in [0.1, 0.15) is 24.0 Å². The SMILES string of the molecule is O=C(COCc1nnc(C(=O)Nc2ccc(F)cc2)s1)NCc1ccccn1. The summed E-state index contributed by atoms with van der Waals surface area (Å²) in [6.45, 7) is 0.220. The van der Waals surface area contributed by atoms with Gasteiger partial charge < -0.3 is 15.4 Å². The molecule has 2 aromatic heterocycles. The number of nitrogens with zero attached hydrogens (tertiary/aromatic N) is 3. The number of halogens is 1. The average molecular weight is 401 g/mol. The van der Waals surface area contributed by atoms with Crippen LogP contribution >= 0.6 is 11.3 Å². The second kappa shape index (κ2) is 9.62. The van der Waals surface area contributed by atoms with Crippen LogP contribution < -0.4 is 10.6 Å². The van der Waals surface area contributed by atoms with E-state index in [9.17, 15) is 14.0 Å². The van der Waals surface area contributed by atoms with E-state index in [4.69, 9.17) is 4.74 Å². The van der Waals surface area contributed by atoms with Crippen LogP contribution in [0.4, 0.5) is 10.1 Å². The van der Waals surface area contributed by atoms with Crippen LogP contribution in [0.2, 0.25) is 0 Å². The van der Waals surface area contributed by atoms with Gasteiger partial charge in [0.25, 0.3) is 5.91 Å². The van der Waals surface area contributed by atoms with Crippen molar-refractivity contribution in [3.63, 3.8) is 0 Å². The fourth-order valence-electron chi connectivity index (χ4n) is 2.10. The smallest absolute Gasteiger partial charge is 0.286 e. The van der Waals surface area contributed by atoms with Gasteiger partial charge in [-0.2, -0.15) is 0 Å². The van der Waals surface area contributed by atoms with Crippen LogP contribution in [0.5, 0.6) is 0 Å². The molecule has 0 saturated heterocycles. The normalized spacial score (nSPS) is 10.5. The third-order valence-corrected chi connectivity index (χ3v) is 4.31. The summed E-state index contributed by atoms with van der Waals surface area (Å²) in [5.41, 5.74) is 1.20. The molecule has 3 aromatic rings. The van der Waals surface area contributed by atoms with E-state index < -0.39 is 11.7 Å². The van der Waals surface area contributed by atoms with Crippen molar-refractivity contribution in [1.29, 1.82) is 0 Å². The molecule has 0 aliphatic rings. The van der Waals surface area contributed by atoms with Crippen molar-refractivity contribution in [3.8, 4) is 0 Å². The number of hydrogen-bond donors (Lipinski definition) is 2. The summed E-state index contributed by atoms with van der Waals surface area (Å²) >= 11 is 1.05. The molecule has 0 radical (unpaired) electrons. The Balaban J connectivity index is 1.41. The van der Waals surface area contributed by atoms with Gasteiger partial charge >= 0.3 is 0 Å². The highest BCUT2D eigenvalue weighted by Gasteiger charge is 2.13. The molecule has 2 amide bonds. The molecule has 2 N–H and O–H groups in total. The van der Waals surface area contributed by atoms with E-state index in [0.717, 1.165) is 17.0 Å². The van der Waals surface area contributed by atoms with E-state index in [0.29, 0.717) is 17.2 Å². The number of carbonyl (C=O) groups is 2. The van der Waals surface area contributed by atoms with E-state index in [1.165, 1.54) is 24.3 Å². The molecule has 144 valence electrons. The van der Waals surface area contributed by atoms with Gasteiger partial charge in [-0.1, -0.05) is 17.4 Å². The zero-order valence-electron chi connectivity index (χ0n) is 14.6. The highest BCUT2D eigenvalue weighted by Crippen LogP contribution is 2.14. The molecule has 28 heavy (non-hydrogen) atoms. The first-order valence-corrected chi connectivity index (χ1v) is 9.05. The van der Waals surface area contributed by atoms with Crippen molar-refractivity contribution in [1.82, 2.24) is 20.5 Å². The molecule has 0 aliphatic carbocycles. The number of ether oxygens (including phenoxy) is 1. The predicted molar refractivity (Wildman–Crippen MR) is 100 cm³/mol. The molecule has 0 bridgehead atoms. The van der Waals surface area contributed by atoms with Crippen molar-refractivity contribution < 1.29 is 18.7 Å². The Kier molecular flexibility index (Phi) is 6.71. The van der Waals surface area contributed by atoms with Crippen LogP contribution in [-0.4, -0.2) is 33.6 Å². The zero-order chi connectivity index (χ0) is 19.8. The maximum Gasteiger partial charge on any atom is 0.286 e. The number of hydrogen-bond acceptors (Lipinski definition) is 7. The average Bonchev–Trinajstić information content (AvgIpc) is 3.18. The highest BCUT2D eigenvalue weighted by atomic mass is 32.1. The first-order chi connectivity index (χ1) is 13.6. The summed E-state index contributed by atoms with van der Waals surface area (Å²) < 4.78 is 18.2. The summed E-state index contributed by atoms with van der Waals surface area (Å²) in [7, 11) is 0. The summed E-state index contributed by atoms with van der Waals surface area (Å²) in [6, 6.07) is 10.8. The maximum absolute atomic E-state index is 12.9. The minimum absolute atomic E-state index is 0.0541. The Hall–Kier alpha value is -3.24. The molecule has 0 spiro atoms. The van der Waals surface area contributed by atoms with Crippen LogP contribution in [0.15, 0.2) is 48.7 Å². The van der Waals surface area contributed by atoms with Gasteiger partial charge in [0, 0.05) is 11.9 Å².